The van der Waals surface area contributed by atoms with Crippen molar-refractivity contribution in [3.8, 4) is 5.69 Å². The van der Waals surface area contributed by atoms with Crippen LogP contribution in [0.3, 0.4) is 0 Å². The van der Waals surface area contributed by atoms with E-state index < -0.39 is 0 Å². The van der Waals surface area contributed by atoms with Gasteiger partial charge in [0.15, 0.2) is 0 Å². The fourth-order valence-corrected chi connectivity index (χ4v) is 10.1. The van der Waals surface area contributed by atoms with E-state index in [2.05, 4.69) is 184 Å². The Morgan fingerprint density at radius 3 is 1.87 bits per heavy atom. The maximum atomic E-state index is 5.40. The number of rotatable bonds is 2. The van der Waals surface area contributed by atoms with Gasteiger partial charge in [-0.3, -0.25) is 4.57 Å². The van der Waals surface area contributed by atoms with Crippen molar-refractivity contribution in [2.75, 3.05) is 0 Å². The van der Waals surface area contributed by atoms with Gasteiger partial charge in [-0.1, -0.05) is 109 Å². The molecule has 53 heavy (non-hydrogen) atoms. The molecule has 1 unspecified atom stereocenters. The zero-order valence-electron chi connectivity index (χ0n) is 28.5. The van der Waals surface area contributed by atoms with Gasteiger partial charge >= 0.3 is 0 Å². The van der Waals surface area contributed by atoms with Crippen LogP contribution in [0.1, 0.15) is 17.2 Å². The molecule has 4 nitrogen and oxygen atoms in total. The first kappa shape index (κ1) is 28.9. The lowest BCUT2D eigenvalue weighted by Gasteiger charge is -2.29. The molecule has 11 aromatic rings. The fraction of sp³-hybridized carbons (Fsp3) is 0.0208. The lowest BCUT2D eigenvalue weighted by molar-refractivity contribution is 0.737. The Balaban J connectivity index is 1.12. The van der Waals surface area contributed by atoms with Crippen LogP contribution in [0.25, 0.3) is 80.2 Å². The molecule has 1 N–H and O–H groups in total. The van der Waals surface area contributed by atoms with Gasteiger partial charge in [0.2, 0.25) is 5.96 Å². The summed E-state index contributed by atoms with van der Waals surface area (Å²) in [7, 11) is 0. The van der Waals surface area contributed by atoms with Crippen molar-refractivity contribution in [2.45, 2.75) is 6.04 Å². The average Bonchev–Trinajstić information content (AvgIpc) is 3.87. The fourth-order valence-electron chi connectivity index (χ4n) is 8.93. The van der Waals surface area contributed by atoms with E-state index in [1.165, 1.54) is 74.6 Å². The summed E-state index contributed by atoms with van der Waals surface area (Å²) in [5, 5.41) is 14.1. The molecule has 1 aliphatic rings. The number of nitrogens with one attached hydrogen (secondary N) is 1. The molecule has 0 fully saturated rings. The molecule has 0 radical (unpaired) electrons. The van der Waals surface area contributed by atoms with Gasteiger partial charge in [0, 0.05) is 53.0 Å². The first-order chi connectivity index (χ1) is 26.3. The van der Waals surface area contributed by atoms with Gasteiger partial charge < -0.3 is 9.88 Å². The molecule has 12 rings (SSSR count). The lowest BCUT2D eigenvalue weighted by Crippen LogP contribution is -2.36. The van der Waals surface area contributed by atoms with Gasteiger partial charge in [0.05, 0.1) is 33.8 Å². The van der Waals surface area contributed by atoms with Crippen molar-refractivity contribution in [2.24, 2.45) is 4.99 Å². The second-order valence-electron chi connectivity index (χ2n) is 14.0. The summed E-state index contributed by atoms with van der Waals surface area (Å²) >= 11 is 1.88. The molecule has 5 heteroatoms. The van der Waals surface area contributed by atoms with Gasteiger partial charge in [-0.2, -0.15) is 0 Å². The molecule has 248 valence electrons. The Morgan fingerprint density at radius 2 is 1.08 bits per heavy atom. The highest BCUT2D eigenvalue weighted by molar-refractivity contribution is 7.26. The minimum absolute atomic E-state index is 0.105. The molecular formula is C48H30N4S. The topological polar surface area (TPSA) is 34.2 Å². The van der Waals surface area contributed by atoms with Gasteiger partial charge in [-0.25, -0.2) is 4.99 Å². The van der Waals surface area contributed by atoms with Crippen molar-refractivity contribution < 1.29 is 0 Å². The van der Waals surface area contributed by atoms with E-state index in [1.54, 1.807) is 0 Å². The first-order valence-electron chi connectivity index (χ1n) is 18.1. The third kappa shape index (κ3) is 4.08. The van der Waals surface area contributed by atoms with Crippen LogP contribution < -0.4 is 5.32 Å². The molecule has 0 saturated heterocycles. The quantitative estimate of drug-likeness (QED) is 0.192. The maximum Gasteiger partial charge on any atom is 0.209 e. The molecule has 0 bridgehead atoms. The molecule has 8 aromatic carbocycles. The molecule has 1 atom stereocenters. The summed E-state index contributed by atoms with van der Waals surface area (Å²) < 4.78 is 7.35. The van der Waals surface area contributed by atoms with Crippen LogP contribution in [0.2, 0.25) is 0 Å². The number of aliphatic imine (C=N–C) groups is 1. The van der Waals surface area contributed by atoms with Crippen molar-refractivity contribution in [1.29, 1.82) is 0 Å². The second kappa shape index (κ2) is 10.9. The van der Waals surface area contributed by atoms with Crippen LogP contribution in [0, 0.1) is 0 Å². The molecule has 4 heterocycles. The minimum atomic E-state index is -0.105. The van der Waals surface area contributed by atoms with E-state index in [1.807, 2.05) is 11.3 Å². The predicted octanol–water partition coefficient (Wildman–Crippen LogP) is 12.6. The number of hydrogen-bond acceptors (Lipinski definition) is 3. The minimum Gasteiger partial charge on any atom is -0.344 e. The predicted molar refractivity (Wildman–Crippen MR) is 225 cm³/mol. The molecular weight excluding hydrogens is 665 g/mol. The summed E-state index contributed by atoms with van der Waals surface area (Å²) in [4.78, 5) is 5.40. The third-order valence-corrected chi connectivity index (χ3v) is 12.3. The summed E-state index contributed by atoms with van der Waals surface area (Å²) in [5.74, 6) is 0.827. The van der Waals surface area contributed by atoms with Crippen LogP contribution in [-0.4, -0.2) is 15.1 Å². The van der Waals surface area contributed by atoms with Crippen LogP contribution in [-0.2, 0) is 0 Å². The van der Waals surface area contributed by atoms with Crippen molar-refractivity contribution >= 4 is 97.5 Å². The Labute approximate surface area is 308 Å². The van der Waals surface area contributed by atoms with Crippen LogP contribution in [0.15, 0.2) is 175 Å². The Bertz CT molecular complexity index is 3330. The number of para-hydroxylation sites is 4. The zero-order chi connectivity index (χ0) is 34.6. The molecule has 0 aliphatic carbocycles. The van der Waals surface area contributed by atoms with Crippen LogP contribution >= 0.6 is 11.3 Å². The largest absolute Gasteiger partial charge is 0.344 e. The number of nitrogens with zero attached hydrogens (tertiary/aromatic N) is 3. The molecule has 1 aliphatic heterocycles. The number of fused-ring (bicyclic) bond motifs is 12. The van der Waals surface area contributed by atoms with Gasteiger partial charge in [0.25, 0.3) is 0 Å². The summed E-state index contributed by atoms with van der Waals surface area (Å²) in [5.41, 5.74) is 9.23. The Hall–Kier alpha value is -6.69. The van der Waals surface area contributed by atoms with Crippen molar-refractivity contribution in [3.05, 3.63) is 181 Å². The van der Waals surface area contributed by atoms with Crippen LogP contribution in [0.5, 0.6) is 0 Å². The van der Waals surface area contributed by atoms with E-state index in [9.17, 15) is 0 Å². The number of aromatic nitrogens is 2. The number of thiophene rings is 1. The monoisotopic (exact) mass is 694 g/mol. The van der Waals surface area contributed by atoms with Gasteiger partial charge in [-0.05, 0) is 77.0 Å². The highest BCUT2D eigenvalue weighted by atomic mass is 32.1. The second-order valence-corrected chi connectivity index (χ2v) is 15.1. The SMILES string of the molecule is c1ccc(-n2c3ccccc3c3c4c5ccccc5n(C5=Nc6ccccc6C(c6cccc7sc8cc9ccccc9cc8c67)N5)c4ccc32)cc1. The number of benzene rings is 8. The average molecular weight is 695 g/mol. The molecule has 0 spiro atoms. The third-order valence-electron chi connectivity index (χ3n) is 11.2. The Kier molecular flexibility index (Phi) is 5.96. The van der Waals surface area contributed by atoms with Crippen molar-refractivity contribution in [3.63, 3.8) is 0 Å². The summed E-state index contributed by atoms with van der Waals surface area (Å²) in [6, 6.07) is 61.5. The Morgan fingerprint density at radius 1 is 0.453 bits per heavy atom. The van der Waals surface area contributed by atoms with E-state index in [-0.39, 0.29) is 6.04 Å². The highest BCUT2D eigenvalue weighted by Crippen LogP contribution is 2.45. The normalized spacial score (nSPS) is 14.5. The van der Waals surface area contributed by atoms with Crippen molar-refractivity contribution in [1.82, 2.24) is 14.5 Å². The molecule has 3 aromatic heterocycles. The van der Waals surface area contributed by atoms with Crippen LogP contribution in [0.4, 0.5) is 5.69 Å². The zero-order valence-corrected chi connectivity index (χ0v) is 29.3. The number of hydrogen-bond donors (Lipinski definition) is 1. The highest BCUT2D eigenvalue weighted by Gasteiger charge is 2.29. The first-order valence-corrected chi connectivity index (χ1v) is 18.9. The maximum absolute atomic E-state index is 5.40. The van der Waals surface area contributed by atoms with E-state index in [0.29, 0.717) is 0 Å². The van der Waals surface area contributed by atoms with E-state index >= 15 is 0 Å². The van der Waals surface area contributed by atoms with Gasteiger partial charge in [0.1, 0.15) is 0 Å². The van der Waals surface area contributed by atoms with E-state index in [4.69, 9.17) is 4.99 Å². The standard InChI is InChI=1S/C48H30N4S/c1-2-15-31(16-3-1)51-38-22-10-7-18-33(38)45-40(51)25-26-41-46(45)34-19-8-11-23-39(34)52(41)48-49-37-21-9-6-17-32(37)47(50-48)35-20-12-24-42-44(35)36-27-29-13-4-5-14-30(29)28-43(36)53-42/h1-28,47H,(H,49,50). The van der Waals surface area contributed by atoms with Gasteiger partial charge in [-0.15, -0.1) is 11.3 Å². The summed E-state index contributed by atoms with van der Waals surface area (Å²) in [6.07, 6.45) is 0. The molecule has 0 amide bonds. The smallest absolute Gasteiger partial charge is 0.209 e. The lowest BCUT2D eigenvalue weighted by atomic mass is 9.92. The van der Waals surface area contributed by atoms with E-state index in [0.717, 1.165) is 28.4 Å². The molecule has 0 saturated carbocycles. The summed E-state index contributed by atoms with van der Waals surface area (Å²) in [6.45, 7) is 0.